The summed E-state index contributed by atoms with van der Waals surface area (Å²) in [6, 6.07) is 1.64. The third-order valence-electron chi connectivity index (χ3n) is 2.86. The van der Waals surface area contributed by atoms with E-state index in [9.17, 15) is 31.1 Å². The number of halogens is 6. The molecule has 0 saturated carbocycles. The summed E-state index contributed by atoms with van der Waals surface area (Å²) in [5, 5.41) is 0. The second kappa shape index (κ2) is 7.85. The van der Waals surface area contributed by atoms with Crippen LogP contribution in [0.15, 0.2) is 18.2 Å². The van der Waals surface area contributed by atoms with Gasteiger partial charge in [0.25, 0.3) is 0 Å². The van der Waals surface area contributed by atoms with Crippen molar-refractivity contribution in [3.8, 4) is 0 Å². The van der Waals surface area contributed by atoms with Crippen molar-refractivity contribution in [1.29, 1.82) is 0 Å². The third-order valence-corrected chi connectivity index (χ3v) is 3.49. The second-order valence-electron chi connectivity index (χ2n) is 4.48. The Morgan fingerprint density at radius 1 is 1.14 bits per heavy atom. The predicted octanol–water partition coefficient (Wildman–Crippen LogP) is 2.07. The first-order valence-corrected chi connectivity index (χ1v) is 6.74. The number of hydrogen-bond donors (Lipinski definition) is 0. The minimum atomic E-state index is -5.02. The van der Waals surface area contributed by atoms with Crippen LogP contribution in [0.2, 0.25) is 0 Å². The molecule has 22 heavy (non-hydrogen) atoms. The summed E-state index contributed by atoms with van der Waals surface area (Å²) < 4.78 is 77.4. The Bertz CT molecular complexity index is 500. The van der Waals surface area contributed by atoms with Crippen molar-refractivity contribution in [3.63, 3.8) is 0 Å². The van der Waals surface area contributed by atoms with E-state index in [0.717, 1.165) is 0 Å². The van der Waals surface area contributed by atoms with Crippen LogP contribution in [0.3, 0.4) is 0 Å². The van der Waals surface area contributed by atoms with Crippen LogP contribution in [0.5, 0.6) is 0 Å². The Morgan fingerprint density at radius 2 is 1.55 bits per heavy atom. The molecule has 0 aliphatic carbocycles. The van der Waals surface area contributed by atoms with Crippen molar-refractivity contribution in [3.05, 3.63) is 34.9 Å². The maximum absolute atomic E-state index is 12.9. The molecule has 0 fully saturated rings. The molecule has 0 N–H and O–H groups in total. The van der Waals surface area contributed by atoms with Crippen LogP contribution in [-0.2, 0) is 12.4 Å². The van der Waals surface area contributed by atoms with Crippen molar-refractivity contribution in [2.24, 2.45) is 0 Å². The van der Waals surface area contributed by atoms with Gasteiger partial charge in [-0.25, -0.2) is 0 Å². The van der Waals surface area contributed by atoms with Gasteiger partial charge >= 0.3 is 31.2 Å². The molecule has 0 aliphatic rings. The van der Waals surface area contributed by atoms with Crippen molar-refractivity contribution in [2.75, 3.05) is 0 Å². The molecule has 0 saturated heterocycles. The van der Waals surface area contributed by atoms with Crippen molar-refractivity contribution in [1.82, 2.24) is 0 Å². The van der Waals surface area contributed by atoms with E-state index >= 15 is 0 Å². The minimum Gasteiger partial charge on any atom is -1.00 e. The SMILES string of the molecule is CCCC(P)C(=O)c1c(C(F)(F)F)cccc1C(F)(F)F.[H-].[Li+]. The molecule has 0 bridgehead atoms. The maximum Gasteiger partial charge on any atom is 1.00 e. The van der Waals surface area contributed by atoms with E-state index in [2.05, 4.69) is 0 Å². The standard InChI is InChI=1S/C13H13F6OP.Li.H/c1-2-4-9(21)11(20)10-7(12(14,15)16)5-3-6-8(10)13(17,18)19;;/h3,5-6,9H,2,4,21H2,1H3;;/q;+1;-1. The Hall–Kier alpha value is -0.503. The molecule has 2 atom stereocenters. The van der Waals surface area contributed by atoms with E-state index in [4.69, 9.17) is 0 Å². The van der Waals surface area contributed by atoms with E-state index < -0.39 is 40.5 Å². The molecule has 0 radical (unpaired) electrons. The Kier molecular flexibility index (Phi) is 7.67. The second-order valence-corrected chi connectivity index (χ2v) is 5.29. The fourth-order valence-corrected chi connectivity index (χ4v) is 2.42. The van der Waals surface area contributed by atoms with Gasteiger partial charge in [-0.3, -0.25) is 4.79 Å². The van der Waals surface area contributed by atoms with E-state index in [-0.39, 0.29) is 26.7 Å². The average molecular weight is 338 g/mol. The molecule has 1 nitrogen and oxygen atoms in total. The predicted molar refractivity (Wildman–Crippen MR) is 70.3 cm³/mol. The molecular weight excluding hydrogens is 324 g/mol. The number of Topliss-reactive ketones (excluding diaryl/α,β-unsaturated/α-hetero) is 1. The van der Waals surface area contributed by atoms with Gasteiger partial charge in [-0.05, 0) is 18.6 Å². The van der Waals surface area contributed by atoms with Crippen molar-refractivity contribution >= 4 is 15.0 Å². The van der Waals surface area contributed by atoms with Gasteiger partial charge < -0.3 is 1.43 Å². The molecule has 0 spiro atoms. The number of ketones is 1. The summed E-state index contributed by atoms with van der Waals surface area (Å²) in [7, 11) is 2.01. The molecule has 120 valence electrons. The molecule has 0 aromatic heterocycles. The summed E-state index contributed by atoms with van der Waals surface area (Å²) in [5.41, 5.74) is -5.39. The zero-order valence-electron chi connectivity index (χ0n) is 13.0. The van der Waals surface area contributed by atoms with Gasteiger partial charge in [0.2, 0.25) is 0 Å². The van der Waals surface area contributed by atoms with Gasteiger partial charge in [0, 0.05) is 11.2 Å². The molecular formula is C13H14F6LiOP. The van der Waals surface area contributed by atoms with E-state index in [1.54, 1.807) is 6.92 Å². The summed E-state index contributed by atoms with van der Waals surface area (Å²) in [4.78, 5) is 12.0. The fourth-order valence-electron chi connectivity index (χ4n) is 1.92. The molecule has 2 unspecified atom stereocenters. The number of hydrogen-bond acceptors (Lipinski definition) is 1. The van der Waals surface area contributed by atoms with Crippen LogP contribution < -0.4 is 18.9 Å². The monoisotopic (exact) mass is 338 g/mol. The first-order valence-electron chi connectivity index (χ1n) is 6.07. The summed E-state index contributed by atoms with van der Waals surface area (Å²) >= 11 is 0. The molecule has 1 aromatic carbocycles. The van der Waals surface area contributed by atoms with Crippen LogP contribution in [-0.4, -0.2) is 11.4 Å². The topological polar surface area (TPSA) is 17.1 Å². The largest absolute Gasteiger partial charge is 1.00 e. The van der Waals surface area contributed by atoms with E-state index in [1.165, 1.54) is 0 Å². The van der Waals surface area contributed by atoms with Crippen LogP contribution >= 0.6 is 9.24 Å². The Labute approximate surface area is 139 Å². The summed E-state index contributed by atoms with van der Waals surface area (Å²) in [6.07, 6.45) is -9.39. The Balaban J connectivity index is 0. The normalized spacial score (nSPS) is 13.5. The number of rotatable bonds is 4. The number of carbonyl (C=O) groups excluding carboxylic acids is 1. The van der Waals surface area contributed by atoms with Gasteiger partial charge in [-0.15, -0.1) is 9.24 Å². The molecule has 1 rings (SSSR count). The van der Waals surface area contributed by atoms with Gasteiger partial charge in [0.05, 0.1) is 11.1 Å². The van der Waals surface area contributed by atoms with Crippen molar-refractivity contribution < 1.29 is 51.4 Å². The van der Waals surface area contributed by atoms with E-state index in [1.807, 2.05) is 9.24 Å². The van der Waals surface area contributed by atoms with Gasteiger partial charge in [0.1, 0.15) is 0 Å². The number of benzene rings is 1. The Morgan fingerprint density at radius 3 is 1.86 bits per heavy atom. The van der Waals surface area contributed by atoms with Gasteiger partial charge in [-0.2, -0.15) is 26.3 Å². The van der Waals surface area contributed by atoms with Crippen LogP contribution in [0.1, 0.15) is 42.7 Å². The molecule has 1 aromatic rings. The minimum absolute atomic E-state index is 0. The first kappa shape index (κ1) is 21.5. The molecule has 0 amide bonds. The quantitative estimate of drug-likeness (QED) is 0.356. The molecule has 9 heteroatoms. The number of carbonyl (C=O) groups is 1. The maximum atomic E-state index is 12.9. The summed E-state index contributed by atoms with van der Waals surface area (Å²) in [6.45, 7) is 1.69. The molecule has 0 heterocycles. The third kappa shape index (κ3) is 5.01. The van der Waals surface area contributed by atoms with Gasteiger partial charge in [-0.1, -0.05) is 19.4 Å². The average Bonchev–Trinajstić information content (AvgIpc) is 2.35. The summed E-state index contributed by atoms with van der Waals surface area (Å²) in [5.74, 6) is -1.16. The van der Waals surface area contributed by atoms with Crippen LogP contribution in [0.4, 0.5) is 26.3 Å². The van der Waals surface area contributed by atoms with Gasteiger partial charge in [0.15, 0.2) is 5.78 Å². The zero-order chi connectivity index (χ0) is 16.4. The van der Waals surface area contributed by atoms with Crippen molar-refractivity contribution in [2.45, 2.75) is 37.8 Å². The fraction of sp³-hybridized carbons (Fsp3) is 0.462. The molecule has 0 aliphatic heterocycles. The smallest absolute Gasteiger partial charge is 1.00 e. The van der Waals surface area contributed by atoms with E-state index in [0.29, 0.717) is 24.6 Å². The van der Waals surface area contributed by atoms with Crippen LogP contribution in [0.25, 0.3) is 0 Å². The first-order chi connectivity index (χ1) is 9.50. The number of alkyl halides is 6. The van der Waals surface area contributed by atoms with Crippen LogP contribution in [0, 0.1) is 0 Å². The zero-order valence-corrected chi connectivity index (χ0v) is 13.1.